The summed E-state index contributed by atoms with van der Waals surface area (Å²) in [5.74, 6) is -0.00935. The number of ether oxygens (including phenoxy) is 1. The second kappa shape index (κ2) is 5.84. The van der Waals surface area contributed by atoms with Gasteiger partial charge in [0, 0.05) is 32.2 Å². The standard InChI is InChI=1S/C13H18N2O3/c1-15(9-12-8-14-5-6-18-12)13(17)10-3-2-4-11(16)7-10/h2-4,7,12,14,16H,5-6,8-9H2,1H3. The van der Waals surface area contributed by atoms with Crippen LogP contribution in [0.25, 0.3) is 0 Å². The van der Waals surface area contributed by atoms with Gasteiger partial charge < -0.3 is 20.1 Å². The number of nitrogens with zero attached hydrogens (tertiary/aromatic N) is 1. The van der Waals surface area contributed by atoms with Crippen molar-refractivity contribution < 1.29 is 14.6 Å². The van der Waals surface area contributed by atoms with Crippen molar-refractivity contribution in [2.75, 3.05) is 33.3 Å². The van der Waals surface area contributed by atoms with Gasteiger partial charge in [-0.3, -0.25) is 4.79 Å². The largest absolute Gasteiger partial charge is 0.508 e. The second-order valence-electron chi connectivity index (χ2n) is 4.43. The van der Waals surface area contributed by atoms with Crippen molar-refractivity contribution in [1.82, 2.24) is 10.2 Å². The Hall–Kier alpha value is -1.59. The van der Waals surface area contributed by atoms with Crippen LogP contribution in [0, 0.1) is 0 Å². The zero-order valence-electron chi connectivity index (χ0n) is 10.4. The maximum atomic E-state index is 12.1. The van der Waals surface area contributed by atoms with Crippen LogP contribution >= 0.6 is 0 Å². The molecule has 1 fully saturated rings. The summed E-state index contributed by atoms with van der Waals surface area (Å²) in [5, 5.41) is 12.6. The number of nitrogens with one attached hydrogen (secondary N) is 1. The molecule has 0 spiro atoms. The number of hydrogen-bond donors (Lipinski definition) is 2. The number of likely N-dealkylation sites (N-methyl/N-ethyl adjacent to an activating group) is 1. The number of phenols is 1. The lowest BCUT2D eigenvalue weighted by Gasteiger charge is -2.28. The number of rotatable bonds is 3. The number of morpholine rings is 1. The van der Waals surface area contributed by atoms with Gasteiger partial charge in [-0.05, 0) is 18.2 Å². The lowest BCUT2D eigenvalue weighted by Crippen LogP contribution is -2.45. The summed E-state index contributed by atoms with van der Waals surface area (Å²) in [6.45, 7) is 2.85. The molecule has 0 bridgehead atoms. The topological polar surface area (TPSA) is 61.8 Å². The minimum atomic E-state index is -0.111. The maximum absolute atomic E-state index is 12.1. The van der Waals surface area contributed by atoms with Gasteiger partial charge in [-0.2, -0.15) is 0 Å². The Balaban J connectivity index is 1.95. The fourth-order valence-corrected chi connectivity index (χ4v) is 1.98. The predicted molar refractivity (Wildman–Crippen MR) is 67.7 cm³/mol. The number of amides is 1. The zero-order valence-corrected chi connectivity index (χ0v) is 10.4. The third-order valence-corrected chi connectivity index (χ3v) is 2.92. The van der Waals surface area contributed by atoms with E-state index in [2.05, 4.69) is 5.32 Å². The summed E-state index contributed by atoms with van der Waals surface area (Å²) in [4.78, 5) is 13.7. The molecule has 5 heteroatoms. The van der Waals surface area contributed by atoms with Crippen molar-refractivity contribution in [2.45, 2.75) is 6.10 Å². The highest BCUT2D eigenvalue weighted by Gasteiger charge is 2.19. The normalized spacial score (nSPS) is 19.5. The van der Waals surface area contributed by atoms with Crippen LogP contribution in [-0.2, 0) is 4.74 Å². The summed E-state index contributed by atoms with van der Waals surface area (Å²) < 4.78 is 5.55. The van der Waals surface area contributed by atoms with Gasteiger partial charge in [0.1, 0.15) is 5.75 Å². The van der Waals surface area contributed by atoms with E-state index in [0.29, 0.717) is 18.7 Å². The van der Waals surface area contributed by atoms with Gasteiger partial charge >= 0.3 is 0 Å². The molecule has 1 atom stereocenters. The summed E-state index contributed by atoms with van der Waals surface area (Å²) >= 11 is 0. The third-order valence-electron chi connectivity index (χ3n) is 2.92. The van der Waals surface area contributed by atoms with E-state index in [-0.39, 0.29) is 17.8 Å². The maximum Gasteiger partial charge on any atom is 0.253 e. The Morgan fingerprint density at radius 3 is 3.11 bits per heavy atom. The van der Waals surface area contributed by atoms with E-state index >= 15 is 0 Å². The van der Waals surface area contributed by atoms with Gasteiger partial charge in [0.25, 0.3) is 5.91 Å². The summed E-state index contributed by atoms with van der Waals surface area (Å²) in [7, 11) is 1.74. The number of benzene rings is 1. The molecular formula is C13H18N2O3. The number of carbonyl (C=O) groups excluding carboxylic acids is 1. The van der Waals surface area contributed by atoms with E-state index in [1.54, 1.807) is 30.1 Å². The Kier molecular flexibility index (Phi) is 4.17. The fraction of sp³-hybridized carbons (Fsp3) is 0.462. The Morgan fingerprint density at radius 1 is 1.61 bits per heavy atom. The molecule has 0 saturated carbocycles. The fourth-order valence-electron chi connectivity index (χ4n) is 1.98. The molecule has 5 nitrogen and oxygen atoms in total. The molecule has 1 aliphatic heterocycles. The van der Waals surface area contributed by atoms with E-state index in [4.69, 9.17) is 4.74 Å². The second-order valence-corrected chi connectivity index (χ2v) is 4.43. The van der Waals surface area contributed by atoms with E-state index < -0.39 is 0 Å². The average Bonchev–Trinajstić information content (AvgIpc) is 2.39. The molecule has 1 amide bonds. The van der Waals surface area contributed by atoms with E-state index in [1.165, 1.54) is 6.07 Å². The van der Waals surface area contributed by atoms with Crippen LogP contribution in [0.4, 0.5) is 0 Å². The number of carbonyl (C=O) groups is 1. The Bertz CT molecular complexity index is 416. The van der Waals surface area contributed by atoms with Crippen molar-refractivity contribution in [3.63, 3.8) is 0 Å². The predicted octanol–water partition coefficient (Wildman–Crippen LogP) is 0.453. The third kappa shape index (κ3) is 3.21. The van der Waals surface area contributed by atoms with Crippen LogP contribution in [0.3, 0.4) is 0 Å². The van der Waals surface area contributed by atoms with Crippen molar-refractivity contribution in [3.05, 3.63) is 29.8 Å². The molecule has 98 valence electrons. The Labute approximate surface area is 106 Å². The Morgan fingerprint density at radius 2 is 2.44 bits per heavy atom. The summed E-state index contributed by atoms with van der Waals surface area (Å²) in [6.07, 6.45) is 0.0324. The minimum absolute atomic E-state index is 0.0324. The van der Waals surface area contributed by atoms with Gasteiger partial charge in [-0.15, -0.1) is 0 Å². The van der Waals surface area contributed by atoms with Gasteiger partial charge in [0.15, 0.2) is 0 Å². The highest BCUT2D eigenvalue weighted by atomic mass is 16.5. The molecule has 0 aliphatic carbocycles. The molecule has 1 aromatic rings. The lowest BCUT2D eigenvalue weighted by molar-refractivity contribution is 0.0104. The highest BCUT2D eigenvalue weighted by Crippen LogP contribution is 2.13. The van der Waals surface area contributed by atoms with Crippen LogP contribution in [-0.4, -0.2) is 55.3 Å². The molecule has 0 radical (unpaired) electrons. The molecule has 18 heavy (non-hydrogen) atoms. The van der Waals surface area contributed by atoms with Crippen LogP contribution < -0.4 is 5.32 Å². The van der Waals surface area contributed by atoms with Crippen LogP contribution in [0.1, 0.15) is 10.4 Å². The summed E-state index contributed by atoms with van der Waals surface area (Å²) in [5.41, 5.74) is 0.487. The van der Waals surface area contributed by atoms with Crippen molar-refractivity contribution >= 4 is 5.91 Å². The average molecular weight is 250 g/mol. The SMILES string of the molecule is CN(CC1CNCCO1)C(=O)c1cccc(O)c1. The molecule has 1 aliphatic rings. The smallest absolute Gasteiger partial charge is 0.253 e. The number of hydrogen-bond acceptors (Lipinski definition) is 4. The highest BCUT2D eigenvalue weighted by molar-refractivity contribution is 5.94. The van der Waals surface area contributed by atoms with Gasteiger partial charge in [0.2, 0.25) is 0 Å². The zero-order chi connectivity index (χ0) is 13.0. The molecule has 0 aromatic heterocycles. The van der Waals surface area contributed by atoms with Crippen LogP contribution in [0.2, 0.25) is 0 Å². The first kappa shape index (κ1) is 12.9. The minimum Gasteiger partial charge on any atom is -0.508 e. The van der Waals surface area contributed by atoms with Gasteiger partial charge in [0.05, 0.1) is 12.7 Å². The molecule has 2 rings (SSSR count). The molecule has 2 N–H and O–H groups in total. The van der Waals surface area contributed by atoms with Crippen LogP contribution in [0.15, 0.2) is 24.3 Å². The number of phenolic OH excluding ortho intramolecular Hbond substituents is 1. The van der Waals surface area contributed by atoms with Crippen molar-refractivity contribution in [1.29, 1.82) is 0 Å². The number of aromatic hydroxyl groups is 1. The van der Waals surface area contributed by atoms with E-state index in [0.717, 1.165) is 13.1 Å². The molecule has 1 heterocycles. The monoisotopic (exact) mass is 250 g/mol. The van der Waals surface area contributed by atoms with E-state index in [1.807, 2.05) is 0 Å². The first-order chi connectivity index (χ1) is 8.66. The first-order valence-electron chi connectivity index (χ1n) is 6.03. The van der Waals surface area contributed by atoms with Crippen LogP contribution in [0.5, 0.6) is 5.75 Å². The molecule has 1 unspecified atom stereocenters. The van der Waals surface area contributed by atoms with E-state index in [9.17, 15) is 9.90 Å². The van der Waals surface area contributed by atoms with Gasteiger partial charge in [-0.1, -0.05) is 6.07 Å². The van der Waals surface area contributed by atoms with Crippen molar-refractivity contribution in [2.24, 2.45) is 0 Å². The lowest BCUT2D eigenvalue weighted by atomic mass is 10.2. The molecule has 1 aromatic carbocycles. The first-order valence-corrected chi connectivity index (χ1v) is 6.03. The molecule has 1 saturated heterocycles. The quantitative estimate of drug-likeness (QED) is 0.818. The van der Waals surface area contributed by atoms with Gasteiger partial charge in [-0.25, -0.2) is 0 Å². The summed E-state index contributed by atoms with van der Waals surface area (Å²) in [6, 6.07) is 6.37. The van der Waals surface area contributed by atoms with Crippen molar-refractivity contribution in [3.8, 4) is 5.75 Å². The molecular weight excluding hydrogens is 232 g/mol.